The van der Waals surface area contributed by atoms with Gasteiger partial charge in [0.15, 0.2) is 0 Å². The first-order valence-corrected chi connectivity index (χ1v) is 6.59. The maximum atomic E-state index is 12.4. The van der Waals surface area contributed by atoms with E-state index in [9.17, 15) is 9.59 Å². The normalized spacial score (nSPS) is 38.9. The van der Waals surface area contributed by atoms with Gasteiger partial charge in [-0.15, -0.1) is 0 Å². The number of amides is 2. The molecule has 0 aromatic rings. The number of piperazine rings is 1. The zero-order valence-electron chi connectivity index (χ0n) is 11.1. The van der Waals surface area contributed by atoms with Gasteiger partial charge >= 0.3 is 0 Å². The van der Waals surface area contributed by atoms with Crippen molar-refractivity contribution in [1.29, 1.82) is 0 Å². The first kappa shape index (κ1) is 12.4. The molecule has 0 radical (unpaired) electrons. The summed E-state index contributed by atoms with van der Waals surface area (Å²) in [5, 5.41) is 2.86. The predicted octanol–water partition coefficient (Wildman–Crippen LogP) is 1.16. The molecule has 5 unspecified atom stereocenters. The van der Waals surface area contributed by atoms with E-state index >= 15 is 0 Å². The molecule has 5 atom stereocenters. The fraction of sp³-hybridized carbons (Fsp3) is 0.846. The average molecular weight is 238 g/mol. The van der Waals surface area contributed by atoms with E-state index in [1.54, 1.807) is 0 Å². The van der Waals surface area contributed by atoms with E-state index in [2.05, 4.69) is 12.2 Å². The molecular weight excluding hydrogens is 216 g/mol. The molecule has 0 aromatic carbocycles. The van der Waals surface area contributed by atoms with Crippen LogP contribution in [0.2, 0.25) is 0 Å². The lowest BCUT2D eigenvalue weighted by Gasteiger charge is -2.39. The molecule has 4 nitrogen and oxygen atoms in total. The molecular formula is C13H22N2O2. The van der Waals surface area contributed by atoms with Crippen molar-refractivity contribution < 1.29 is 9.59 Å². The minimum absolute atomic E-state index is 0.00556. The Morgan fingerprint density at radius 3 is 2.47 bits per heavy atom. The van der Waals surface area contributed by atoms with Crippen LogP contribution < -0.4 is 5.32 Å². The molecule has 1 aliphatic heterocycles. The SMILES string of the molecule is CCC(C)C1NC(=O)C(C)N(C2CC2C)C1=O. The quantitative estimate of drug-likeness (QED) is 0.802. The van der Waals surface area contributed by atoms with Crippen molar-refractivity contribution in [2.45, 2.75) is 58.7 Å². The third-order valence-electron chi connectivity index (χ3n) is 4.25. The van der Waals surface area contributed by atoms with E-state index in [1.165, 1.54) is 0 Å². The number of hydrogen-bond acceptors (Lipinski definition) is 2. The lowest BCUT2D eigenvalue weighted by molar-refractivity contribution is -0.151. The van der Waals surface area contributed by atoms with Crippen LogP contribution in [0.3, 0.4) is 0 Å². The lowest BCUT2D eigenvalue weighted by atomic mass is 9.94. The summed E-state index contributed by atoms with van der Waals surface area (Å²) in [4.78, 5) is 26.2. The van der Waals surface area contributed by atoms with Crippen LogP contribution in [0.4, 0.5) is 0 Å². The Morgan fingerprint density at radius 2 is 2.00 bits per heavy atom. The second kappa shape index (κ2) is 4.31. The van der Waals surface area contributed by atoms with Crippen molar-refractivity contribution in [1.82, 2.24) is 10.2 Å². The fourth-order valence-corrected chi connectivity index (χ4v) is 2.58. The van der Waals surface area contributed by atoms with Crippen LogP contribution in [0.1, 0.15) is 40.5 Å². The lowest BCUT2D eigenvalue weighted by Crippen LogP contribution is -2.64. The number of nitrogens with one attached hydrogen (secondary N) is 1. The largest absolute Gasteiger partial charge is 0.342 e. The summed E-state index contributed by atoms with van der Waals surface area (Å²) >= 11 is 0. The topological polar surface area (TPSA) is 49.4 Å². The van der Waals surface area contributed by atoms with Crippen LogP contribution in [0.15, 0.2) is 0 Å². The van der Waals surface area contributed by atoms with Gasteiger partial charge in [-0.25, -0.2) is 0 Å². The van der Waals surface area contributed by atoms with Crippen LogP contribution in [0.5, 0.6) is 0 Å². The molecule has 2 amide bonds. The number of hydrogen-bond donors (Lipinski definition) is 1. The second-order valence-corrected chi connectivity index (χ2v) is 5.57. The van der Waals surface area contributed by atoms with Crippen molar-refractivity contribution in [3.05, 3.63) is 0 Å². The van der Waals surface area contributed by atoms with Crippen LogP contribution >= 0.6 is 0 Å². The summed E-state index contributed by atoms with van der Waals surface area (Å²) in [6.45, 7) is 8.03. The van der Waals surface area contributed by atoms with Gasteiger partial charge < -0.3 is 10.2 Å². The zero-order valence-corrected chi connectivity index (χ0v) is 11.1. The smallest absolute Gasteiger partial charge is 0.246 e. The number of carbonyl (C=O) groups is 2. The Hall–Kier alpha value is -1.06. The fourth-order valence-electron chi connectivity index (χ4n) is 2.58. The number of carbonyl (C=O) groups excluding carboxylic acids is 2. The molecule has 1 saturated carbocycles. The summed E-state index contributed by atoms with van der Waals surface area (Å²) in [5.74, 6) is 0.857. The highest BCUT2D eigenvalue weighted by atomic mass is 16.2. The molecule has 2 rings (SSSR count). The third-order valence-corrected chi connectivity index (χ3v) is 4.25. The summed E-state index contributed by atoms with van der Waals surface area (Å²) in [6, 6.07) is -0.343. The molecule has 4 heteroatoms. The molecule has 0 aromatic heterocycles. The van der Waals surface area contributed by atoms with E-state index in [0.29, 0.717) is 5.92 Å². The Labute approximate surface area is 103 Å². The first-order chi connectivity index (χ1) is 7.97. The van der Waals surface area contributed by atoms with Crippen LogP contribution in [-0.2, 0) is 9.59 Å². The maximum absolute atomic E-state index is 12.4. The Balaban J connectivity index is 2.18. The van der Waals surface area contributed by atoms with Crippen molar-refractivity contribution in [3.63, 3.8) is 0 Å². The van der Waals surface area contributed by atoms with Gasteiger partial charge in [0, 0.05) is 6.04 Å². The summed E-state index contributed by atoms with van der Waals surface area (Å²) in [5.41, 5.74) is 0. The van der Waals surface area contributed by atoms with Crippen LogP contribution in [0.25, 0.3) is 0 Å². The molecule has 1 saturated heterocycles. The molecule has 0 spiro atoms. The molecule has 2 fully saturated rings. The first-order valence-electron chi connectivity index (χ1n) is 6.59. The minimum Gasteiger partial charge on any atom is -0.342 e. The van der Waals surface area contributed by atoms with E-state index in [0.717, 1.165) is 12.8 Å². The molecule has 1 heterocycles. The third kappa shape index (κ3) is 2.05. The molecule has 1 N–H and O–H groups in total. The molecule has 2 aliphatic rings. The van der Waals surface area contributed by atoms with E-state index in [4.69, 9.17) is 0 Å². The zero-order chi connectivity index (χ0) is 12.7. The molecule has 1 aliphatic carbocycles. The minimum atomic E-state index is -0.323. The molecule has 96 valence electrons. The van der Waals surface area contributed by atoms with Crippen LogP contribution in [-0.4, -0.2) is 34.8 Å². The van der Waals surface area contributed by atoms with Crippen LogP contribution in [0, 0.1) is 11.8 Å². The maximum Gasteiger partial charge on any atom is 0.246 e. The highest BCUT2D eigenvalue weighted by Gasteiger charge is 2.49. The Morgan fingerprint density at radius 1 is 1.41 bits per heavy atom. The van der Waals surface area contributed by atoms with E-state index in [1.807, 2.05) is 25.7 Å². The van der Waals surface area contributed by atoms with Crippen molar-refractivity contribution in [3.8, 4) is 0 Å². The second-order valence-electron chi connectivity index (χ2n) is 5.57. The summed E-state index contributed by atoms with van der Waals surface area (Å²) < 4.78 is 0. The highest BCUT2D eigenvalue weighted by molar-refractivity contribution is 5.97. The number of rotatable bonds is 3. The van der Waals surface area contributed by atoms with Crippen molar-refractivity contribution in [2.24, 2.45) is 11.8 Å². The predicted molar refractivity (Wildman–Crippen MR) is 65.3 cm³/mol. The van der Waals surface area contributed by atoms with Gasteiger partial charge in [0.25, 0.3) is 0 Å². The van der Waals surface area contributed by atoms with E-state index < -0.39 is 0 Å². The highest BCUT2D eigenvalue weighted by Crippen LogP contribution is 2.38. The van der Waals surface area contributed by atoms with Gasteiger partial charge in [0.1, 0.15) is 12.1 Å². The van der Waals surface area contributed by atoms with Gasteiger partial charge in [0.05, 0.1) is 0 Å². The molecule has 0 bridgehead atoms. The number of nitrogens with zero attached hydrogens (tertiary/aromatic N) is 1. The monoisotopic (exact) mass is 238 g/mol. The van der Waals surface area contributed by atoms with Gasteiger partial charge in [-0.1, -0.05) is 27.2 Å². The van der Waals surface area contributed by atoms with E-state index in [-0.39, 0.29) is 35.9 Å². The van der Waals surface area contributed by atoms with Crippen molar-refractivity contribution in [2.75, 3.05) is 0 Å². The van der Waals surface area contributed by atoms with Gasteiger partial charge in [-0.05, 0) is 25.2 Å². The Bertz CT molecular complexity index is 342. The molecule has 17 heavy (non-hydrogen) atoms. The summed E-state index contributed by atoms with van der Waals surface area (Å²) in [6.07, 6.45) is 1.94. The standard InChI is InChI=1S/C13H22N2O2/c1-5-7(2)11-13(17)15(10-6-8(10)3)9(4)12(16)14-11/h7-11H,5-6H2,1-4H3,(H,14,16). The van der Waals surface area contributed by atoms with Gasteiger partial charge in [0.2, 0.25) is 11.8 Å². The van der Waals surface area contributed by atoms with Crippen molar-refractivity contribution >= 4 is 11.8 Å². The summed E-state index contributed by atoms with van der Waals surface area (Å²) in [7, 11) is 0. The Kier molecular flexibility index (Phi) is 3.15. The van der Waals surface area contributed by atoms with Gasteiger partial charge in [-0.2, -0.15) is 0 Å². The van der Waals surface area contributed by atoms with Gasteiger partial charge in [-0.3, -0.25) is 9.59 Å². The average Bonchev–Trinajstić information content (AvgIpc) is 3.00.